The van der Waals surface area contributed by atoms with Crippen LogP contribution in [0.3, 0.4) is 0 Å². The second-order valence-corrected chi connectivity index (χ2v) is 6.56. The number of hydrogen-bond acceptors (Lipinski definition) is 4. The number of halogens is 1. The van der Waals surface area contributed by atoms with E-state index in [1.165, 1.54) is 18.4 Å². The summed E-state index contributed by atoms with van der Waals surface area (Å²) in [5.41, 5.74) is 1.23. The Morgan fingerprint density at radius 2 is 2.04 bits per heavy atom. The summed E-state index contributed by atoms with van der Waals surface area (Å²) in [7, 11) is 4.02. The molecule has 0 amide bonds. The molecule has 1 fully saturated rings. The number of nitrogens with one attached hydrogen (secondary N) is 2. The van der Waals surface area contributed by atoms with E-state index in [2.05, 4.69) is 40.6 Å². The first kappa shape index (κ1) is 20.1. The third-order valence-electron chi connectivity index (χ3n) is 4.75. The van der Waals surface area contributed by atoms with E-state index >= 15 is 0 Å². The zero-order valence-corrected chi connectivity index (χ0v) is 17.6. The third kappa shape index (κ3) is 5.64. The van der Waals surface area contributed by atoms with Crippen molar-refractivity contribution >= 4 is 29.9 Å². The largest absolute Gasteiger partial charge is 0.454 e. The lowest BCUT2D eigenvalue weighted by Crippen LogP contribution is -2.45. The van der Waals surface area contributed by atoms with Gasteiger partial charge < -0.3 is 20.1 Å². The molecular weight excluding hydrogens is 431 g/mol. The molecule has 0 radical (unpaired) electrons. The van der Waals surface area contributed by atoms with Crippen LogP contribution in [0.25, 0.3) is 0 Å². The van der Waals surface area contributed by atoms with Gasteiger partial charge in [0.15, 0.2) is 17.5 Å². The number of rotatable bonds is 7. The second kappa shape index (κ2) is 9.47. The van der Waals surface area contributed by atoms with Gasteiger partial charge in [0.2, 0.25) is 6.79 Å². The fourth-order valence-corrected chi connectivity index (χ4v) is 2.87. The molecule has 6 nitrogen and oxygen atoms in total. The standard InChI is InChI=1S/C18H28N4O2.HI/c1-13(22(3)15-5-6-15)11-21-18(19-2)20-9-8-14-4-7-16-17(10-14)24-12-23-16;/h4,7,10,13,15H,5-6,8-9,11-12H2,1-3H3,(H2,19,20,21);1H. The highest BCUT2D eigenvalue weighted by Gasteiger charge is 2.28. The van der Waals surface area contributed by atoms with Gasteiger partial charge in [0.25, 0.3) is 0 Å². The first-order valence-corrected chi connectivity index (χ1v) is 8.72. The van der Waals surface area contributed by atoms with E-state index < -0.39 is 0 Å². The summed E-state index contributed by atoms with van der Waals surface area (Å²) >= 11 is 0. The number of guanidine groups is 1. The van der Waals surface area contributed by atoms with Gasteiger partial charge in [0.1, 0.15) is 0 Å². The van der Waals surface area contributed by atoms with E-state index in [1.807, 2.05) is 19.2 Å². The molecule has 3 rings (SSSR count). The van der Waals surface area contributed by atoms with Crippen molar-refractivity contribution in [2.75, 3.05) is 34.0 Å². The lowest BCUT2D eigenvalue weighted by molar-refractivity contribution is 0.174. The predicted octanol–water partition coefficient (Wildman–Crippen LogP) is 2.22. The van der Waals surface area contributed by atoms with Gasteiger partial charge in [-0.25, -0.2) is 0 Å². The van der Waals surface area contributed by atoms with Crippen LogP contribution >= 0.6 is 24.0 Å². The molecule has 1 aliphatic heterocycles. The summed E-state index contributed by atoms with van der Waals surface area (Å²) < 4.78 is 10.8. The summed E-state index contributed by atoms with van der Waals surface area (Å²) in [6, 6.07) is 7.39. The highest BCUT2D eigenvalue weighted by atomic mass is 127. The van der Waals surface area contributed by atoms with Gasteiger partial charge in [0.05, 0.1) is 0 Å². The number of likely N-dealkylation sites (N-methyl/N-ethyl adjacent to an activating group) is 1. The molecule has 140 valence electrons. The van der Waals surface area contributed by atoms with Crippen molar-refractivity contribution in [1.29, 1.82) is 0 Å². The van der Waals surface area contributed by atoms with Gasteiger partial charge in [-0.1, -0.05) is 6.07 Å². The molecule has 1 heterocycles. The van der Waals surface area contributed by atoms with Crippen molar-refractivity contribution in [1.82, 2.24) is 15.5 Å². The lowest BCUT2D eigenvalue weighted by Gasteiger charge is -2.25. The Hall–Kier alpha value is -1.22. The van der Waals surface area contributed by atoms with Gasteiger partial charge in [-0.05, 0) is 50.9 Å². The Balaban J connectivity index is 0.00000225. The molecule has 1 unspecified atom stereocenters. The monoisotopic (exact) mass is 460 g/mol. The Labute approximate surface area is 167 Å². The zero-order chi connectivity index (χ0) is 16.9. The van der Waals surface area contributed by atoms with E-state index in [4.69, 9.17) is 9.47 Å². The average molecular weight is 460 g/mol. The molecule has 1 aromatic carbocycles. The maximum Gasteiger partial charge on any atom is 0.231 e. The molecule has 7 heteroatoms. The van der Waals surface area contributed by atoms with Crippen LogP contribution in [-0.2, 0) is 6.42 Å². The van der Waals surface area contributed by atoms with Crippen molar-refractivity contribution in [3.63, 3.8) is 0 Å². The van der Waals surface area contributed by atoms with E-state index in [9.17, 15) is 0 Å². The van der Waals surface area contributed by atoms with Gasteiger partial charge in [-0.15, -0.1) is 24.0 Å². The van der Waals surface area contributed by atoms with Crippen LogP contribution in [0.15, 0.2) is 23.2 Å². The van der Waals surface area contributed by atoms with Crippen LogP contribution in [-0.4, -0.2) is 56.9 Å². The van der Waals surface area contributed by atoms with Crippen molar-refractivity contribution in [2.45, 2.75) is 38.3 Å². The predicted molar refractivity (Wildman–Crippen MR) is 111 cm³/mol. The number of benzene rings is 1. The van der Waals surface area contributed by atoms with Crippen LogP contribution < -0.4 is 20.1 Å². The van der Waals surface area contributed by atoms with Gasteiger partial charge in [-0.3, -0.25) is 9.89 Å². The molecule has 0 saturated heterocycles. The van der Waals surface area contributed by atoms with E-state index in [0.717, 1.165) is 43.0 Å². The lowest BCUT2D eigenvalue weighted by atomic mass is 10.1. The van der Waals surface area contributed by atoms with E-state index in [1.54, 1.807) is 0 Å². The first-order valence-electron chi connectivity index (χ1n) is 8.72. The maximum absolute atomic E-state index is 5.42. The molecule has 1 aromatic rings. The van der Waals surface area contributed by atoms with Crippen molar-refractivity contribution < 1.29 is 9.47 Å². The summed E-state index contributed by atoms with van der Waals surface area (Å²) in [5.74, 6) is 2.52. The number of aliphatic imine (C=N–C) groups is 1. The average Bonchev–Trinajstić information content (AvgIpc) is 3.34. The quantitative estimate of drug-likeness (QED) is 0.372. The highest BCUT2D eigenvalue weighted by molar-refractivity contribution is 14.0. The highest BCUT2D eigenvalue weighted by Crippen LogP contribution is 2.32. The van der Waals surface area contributed by atoms with Crippen LogP contribution in [0.5, 0.6) is 11.5 Å². The van der Waals surface area contributed by atoms with Crippen LogP contribution in [0.4, 0.5) is 0 Å². The zero-order valence-electron chi connectivity index (χ0n) is 15.2. The molecule has 1 aliphatic carbocycles. The third-order valence-corrected chi connectivity index (χ3v) is 4.75. The number of hydrogen-bond donors (Lipinski definition) is 2. The molecule has 25 heavy (non-hydrogen) atoms. The van der Waals surface area contributed by atoms with Gasteiger partial charge >= 0.3 is 0 Å². The van der Waals surface area contributed by atoms with Crippen molar-refractivity contribution in [3.8, 4) is 11.5 Å². The van der Waals surface area contributed by atoms with Crippen LogP contribution in [0.2, 0.25) is 0 Å². The summed E-state index contributed by atoms with van der Waals surface area (Å²) in [5, 5.41) is 6.79. The van der Waals surface area contributed by atoms with Gasteiger partial charge in [0, 0.05) is 32.2 Å². The van der Waals surface area contributed by atoms with Gasteiger partial charge in [-0.2, -0.15) is 0 Å². The fraction of sp³-hybridized carbons (Fsp3) is 0.611. The number of ether oxygens (including phenoxy) is 2. The molecule has 0 aromatic heterocycles. The smallest absolute Gasteiger partial charge is 0.231 e. The minimum Gasteiger partial charge on any atom is -0.454 e. The normalized spacial score (nSPS) is 17.2. The minimum absolute atomic E-state index is 0. The topological polar surface area (TPSA) is 58.1 Å². The molecule has 0 spiro atoms. The Morgan fingerprint density at radius 3 is 2.76 bits per heavy atom. The molecule has 2 aliphatic rings. The number of nitrogens with zero attached hydrogens (tertiary/aromatic N) is 2. The van der Waals surface area contributed by atoms with Crippen molar-refractivity contribution in [2.24, 2.45) is 4.99 Å². The Morgan fingerprint density at radius 1 is 1.28 bits per heavy atom. The molecular formula is C18H29IN4O2. The minimum atomic E-state index is 0. The summed E-state index contributed by atoms with van der Waals surface area (Å²) in [4.78, 5) is 6.75. The summed E-state index contributed by atoms with van der Waals surface area (Å²) in [6.45, 7) is 4.30. The summed E-state index contributed by atoms with van der Waals surface area (Å²) in [6.07, 6.45) is 3.58. The van der Waals surface area contributed by atoms with Crippen LogP contribution in [0.1, 0.15) is 25.3 Å². The molecule has 2 N–H and O–H groups in total. The fourth-order valence-electron chi connectivity index (χ4n) is 2.87. The Kier molecular flexibility index (Phi) is 7.61. The Bertz CT molecular complexity index is 592. The molecule has 1 atom stereocenters. The van der Waals surface area contributed by atoms with Crippen molar-refractivity contribution in [3.05, 3.63) is 23.8 Å². The van der Waals surface area contributed by atoms with E-state index in [-0.39, 0.29) is 24.0 Å². The van der Waals surface area contributed by atoms with Crippen LogP contribution in [0, 0.1) is 0 Å². The molecule has 0 bridgehead atoms. The SMILES string of the molecule is CN=C(NCCc1ccc2c(c1)OCO2)NCC(C)N(C)C1CC1.I. The second-order valence-electron chi connectivity index (χ2n) is 6.56. The molecule has 1 saturated carbocycles. The maximum atomic E-state index is 5.42. The number of fused-ring (bicyclic) bond motifs is 1. The van der Waals surface area contributed by atoms with E-state index in [0.29, 0.717) is 12.8 Å². The first-order chi connectivity index (χ1) is 11.7.